The smallest absolute Gasteiger partial charge is 0.194 e. The van der Waals surface area contributed by atoms with Gasteiger partial charge in [-0.2, -0.15) is 0 Å². The first-order chi connectivity index (χ1) is 14.2. The predicted molar refractivity (Wildman–Crippen MR) is 111 cm³/mol. The number of Topliss-reactive ketones (excluding diaryl/α,β-unsaturated/α-hetero) is 1. The van der Waals surface area contributed by atoms with Crippen molar-refractivity contribution in [1.29, 1.82) is 0 Å². The van der Waals surface area contributed by atoms with Crippen molar-refractivity contribution in [2.75, 3.05) is 0 Å². The van der Waals surface area contributed by atoms with Crippen LogP contribution in [-0.2, 0) is 14.2 Å². The van der Waals surface area contributed by atoms with Crippen molar-refractivity contribution in [3.63, 3.8) is 0 Å². The van der Waals surface area contributed by atoms with Gasteiger partial charge in [0.1, 0.15) is 29.3 Å². The summed E-state index contributed by atoms with van der Waals surface area (Å²) in [6.45, 7) is 3.60. The van der Waals surface area contributed by atoms with Crippen LogP contribution in [0.2, 0.25) is 15.2 Å². The molecule has 3 aromatic rings. The Morgan fingerprint density at radius 1 is 1.07 bits per heavy atom. The van der Waals surface area contributed by atoms with Crippen molar-refractivity contribution in [1.82, 2.24) is 14.5 Å². The van der Waals surface area contributed by atoms with Crippen LogP contribution in [0.5, 0.6) is 0 Å². The number of nitrogens with zero attached hydrogens (tertiary/aromatic N) is 3. The van der Waals surface area contributed by atoms with Crippen LogP contribution in [0, 0.1) is 0 Å². The van der Waals surface area contributed by atoms with Gasteiger partial charge in [-0.3, -0.25) is 4.79 Å². The SMILES string of the molecule is CC1(C)O[C@@H]2[C@H](O1)[C@@H](C(=O)c1ccc(Cl)c(Cl)c1)O[C@H]2n1ccc2c(Cl)ncnc21. The van der Waals surface area contributed by atoms with E-state index in [-0.39, 0.29) is 5.78 Å². The Balaban J connectivity index is 1.54. The molecule has 2 fully saturated rings. The molecule has 2 aromatic heterocycles. The third-order valence-electron chi connectivity index (χ3n) is 5.23. The first-order valence-corrected chi connectivity index (χ1v) is 10.4. The Labute approximate surface area is 186 Å². The molecule has 0 amide bonds. The van der Waals surface area contributed by atoms with Gasteiger partial charge in [-0.25, -0.2) is 9.97 Å². The highest BCUT2D eigenvalue weighted by atomic mass is 35.5. The molecular formula is C20H16Cl3N3O4. The molecule has 0 N–H and O–H groups in total. The third-order valence-corrected chi connectivity index (χ3v) is 6.27. The van der Waals surface area contributed by atoms with Gasteiger partial charge < -0.3 is 18.8 Å². The Morgan fingerprint density at radius 3 is 2.60 bits per heavy atom. The highest BCUT2D eigenvalue weighted by Crippen LogP contribution is 2.45. The Bertz CT molecular complexity index is 1170. The Hall–Kier alpha value is -1.74. The lowest BCUT2D eigenvalue weighted by Crippen LogP contribution is -2.35. The van der Waals surface area contributed by atoms with Crippen molar-refractivity contribution in [3.05, 3.63) is 57.6 Å². The number of aromatic nitrogens is 3. The summed E-state index contributed by atoms with van der Waals surface area (Å²) in [7, 11) is 0. The van der Waals surface area contributed by atoms with Gasteiger partial charge >= 0.3 is 0 Å². The van der Waals surface area contributed by atoms with Crippen LogP contribution in [0.15, 0.2) is 36.8 Å². The van der Waals surface area contributed by atoms with Crippen molar-refractivity contribution in [3.8, 4) is 0 Å². The second kappa shape index (κ2) is 7.15. The molecule has 0 bridgehead atoms. The average molecular weight is 469 g/mol. The minimum atomic E-state index is -0.895. The number of carbonyl (C=O) groups is 1. The molecule has 5 rings (SSSR count). The fourth-order valence-corrected chi connectivity index (χ4v) is 4.46. The third kappa shape index (κ3) is 3.21. The topological polar surface area (TPSA) is 75.5 Å². The van der Waals surface area contributed by atoms with Gasteiger partial charge in [0.25, 0.3) is 0 Å². The van der Waals surface area contributed by atoms with Crippen LogP contribution in [0.4, 0.5) is 0 Å². The van der Waals surface area contributed by atoms with Gasteiger partial charge in [0.2, 0.25) is 0 Å². The molecule has 1 aromatic carbocycles. The van der Waals surface area contributed by atoms with Crippen LogP contribution in [0.1, 0.15) is 30.4 Å². The number of rotatable bonds is 3. The summed E-state index contributed by atoms with van der Waals surface area (Å²) < 4.78 is 20.1. The fraction of sp³-hybridized carbons (Fsp3) is 0.350. The molecule has 4 heterocycles. The van der Waals surface area contributed by atoms with Crippen LogP contribution in [0.25, 0.3) is 11.0 Å². The number of benzene rings is 1. The number of halogens is 3. The summed E-state index contributed by atoms with van der Waals surface area (Å²) in [6, 6.07) is 6.51. The highest BCUT2D eigenvalue weighted by Gasteiger charge is 2.58. The predicted octanol–water partition coefficient (Wildman–Crippen LogP) is 4.69. The second-order valence-electron chi connectivity index (χ2n) is 7.63. The molecule has 0 unspecified atom stereocenters. The van der Waals surface area contributed by atoms with Crippen molar-refractivity contribution in [2.24, 2.45) is 0 Å². The van der Waals surface area contributed by atoms with Crippen molar-refractivity contribution < 1.29 is 19.0 Å². The average Bonchev–Trinajstić information content (AvgIpc) is 3.34. The zero-order chi connectivity index (χ0) is 21.2. The number of hydrogen-bond acceptors (Lipinski definition) is 6. The maximum Gasteiger partial charge on any atom is 0.194 e. The lowest BCUT2D eigenvalue weighted by atomic mass is 10.0. The van der Waals surface area contributed by atoms with E-state index in [1.54, 1.807) is 42.8 Å². The maximum atomic E-state index is 13.3. The summed E-state index contributed by atoms with van der Waals surface area (Å²) in [6.07, 6.45) is 0.490. The molecule has 10 heteroatoms. The van der Waals surface area contributed by atoms with E-state index in [9.17, 15) is 4.79 Å². The summed E-state index contributed by atoms with van der Waals surface area (Å²) in [5.74, 6) is -1.14. The van der Waals surface area contributed by atoms with Crippen LogP contribution in [0.3, 0.4) is 0 Å². The minimum Gasteiger partial charge on any atom is -0.341 e. The van der Waals surface area contributed by atoms with Gasteiger partial charge in [0.15, 0.2) is 23.9 Å². The minimum absolute atomic E-state index is 0.267. The number of ether oxygens (including phenoxy) is 3. The summed E-state index contributed by atoms with van der Waals surface area (Å²) in [5.41, 5.74) is 0.958. The van der Waals surface area contributed by atoms with E-state index in [1.165, 1.54) is 12.4 Å². The van der Waals surface area contributed by atoms with E-state index in [1.807, 2.05) is 0 Å². The molecule has 0 saturated carbocycles. The van der Waals surface area contributed by atoms with Crippen molar-refractivity contribution in [2.45, 2.75) is 44.2 Å². The zero-order valence-corrected chi connectivity index (χ0v) is 18.1. The van der Waals surface area contributed by atoms with Gasteiger partial charge in [-0.15, -0.1) is 0 Å². The van der Waals surface area contributed by atoms with Gasteiger partial charge in [-0.1, -0.05) is 34.8 Å². The molecule has 2 aliphatic heterocycles. The molecule has 0 spiro atoms. The lowest BCUT2D eigenvalue weighted by Gasteiger charge is -2.24. The van der Waals surface area contributed by atoms with Gasteiger partial charge in [0, 0.05) is 11.8 Å². The van der Waals surface area contributed by atoms with E-state index in [2.05, 4.69) is 9.97 Å². The van der Waals surface area contributed by atoms with E-state index in [0.717, 1.165) is 0 Å². The first-order valence-electron chi connectivity index (χ1n) is 9.22. The van der Waals surface area contributed by atoms with E-state index >= 15 is 0 Å². The largest absolute Gasteiger partial charge is 0.341 e. The zero-order valence-electron chi connectivity index (χ0n) is 15.9. The fourth-order valence-electron chi connectivity index (χ4n) is 3.97. The van der Waals surface area contributed by atoms with E-state index in [4.69, 9.17) is 49.0 Å². The van der Waals surface area contributed by atoms with Gasteiger partial charge in [-0.05, 0) is 38.1 Å². The quantitative estimate of drug-likeness (QED) is 0.410. The molecule has 4 atom stereocenters. The van der Waals surface area contributed by atoms with Crippen molar-refractivity contribution >= 4 is 51.6 Å². The number of ketones is 1. The summed E-state index contributed by atoms with van der Waals surface area (Å²) in [5, 5.41) is 1.67. The Kier molecular flexibility index (Phi) is 4.81. The first kappa shape index (κ1) is 20.2. The normalized spacial score (nSPS) is 27.5. The molecule has 7 nitrogen and oxygen atoms in total. The van der Waals surface area contributed by atoms with Gasteiger partial charge in [0.05, 0.1) is 15.4 Å². The second-order valence-corrected chi connectivity index (χ2v) is 8.80. The number of hydrogen-bond donors (Lipinski definition) is 0. The molecule has 2 aliphatic rings. The Morgan fingerprint density at radius 2 is 1.83 bits per heavy atom. The summed E-state index contributed by atoms with van der Waals surface area (Å²) in [4.78, 5) is 21.6. The molecular weight excluding hydrogens is 453 g/mol. The monoisotopic (exact) mass is 467 g/mol. The molecule has 0 radical (unpaired) electrons. The maximum absolute atomic E-state index is 13.3. The van der Waals surface area contributed by atoms with E-state index < -0.39 is 30.3 Å². The van der Waals surface area contributed by atoms with Crippen LogP contribution >= 0.6 is 34.8 Å². The van der Waals surface area contributed by atoms with Crippen LogP contribution < -0.4 is 0 Å². The van der Waals surface area contributed by atoms with E-state index in [0.29, 0.717) is 31.8 Å². The molecule has 156 valence electrons. The highest BCUT2D eigenvalue weighted by molar-refractivity contribution is 6.42. The van der Waals surface area contributed by atoms with Crippen LogP contribution in [-0.4, -0.2) is 44.4 Å². The molecule has 0 aliphatic carbocycles. The standard InChI is InChI=1S/C20H16Cl3N3O4/c1-20(2)29-15-14(13(27)9-3-4-11(21)12(22)7-9)28-19(16(15)30-20)26-6-5-10-17(23)24-8-25-18(10)26/h3-8,14-16,19H,1-2H3/t14-,15-,16-,19-/m1/s1. The number of fused-ring (bicyclic) bond motifs is 2. The summed E-state index contributed by atoms with van der Waals surface area (Å²) >= 11 is 18.3. The molecule has 30 heavy (non-hydrogen) atoms. The molecule has 2 saturated heterocycles. The lowest BCUT2D eigenvalue weighted by molar-refractivity contribution is -0.190. The number of carbonyl (C=O) groups excluding carboxylic acids is 1.